The molecule has 0 aliphatic carbocycles. The van der Waals surface area contributed by atoms with Crippen LogP contribution in [0, 0.1) is 13.8 Å². The van der Waals surface area contributed by atoms with Gasteiger partial charge in [-0.1, -0.05) is 11.6 Å². The fraction of sp³-hybridized carbons (Fsp3) is 0.467. The van der Waals surface area contributed by atoms with E-state index in [2.05, 4.69) is 11.9 Å². The number of rotatable bonds is 7. The quantitative estimate of drug-likeness (QED) is 0.235. The lowest BCUT2D eigenvalue weighted by atomic mass is 9.99. The number of likely N-dealkylation sites (tertiary alicyclic amines) is 1. The minimum atomic E-state index is -4.39. The second-order valence-electron chi connectivity index (χ2n) is 10.1. The van der Waals surface area contributed by atoms with Gasteiger partial charge in [0.25, 0.3) is 0 Å². The van der Waals surface area contributed by atoms with Crippen molar-refractivity contribution in [3.8, 4) is 0 Å². The highest BCUT2D eigenvalue weighted by Gasteiger charge is 2.31. The summed E-state index contributed by atoms with van der Waals surface area (Å²) in [5.41, 5.74) is 3.40. The summed E-state index contributed by atoms with van der Waals surface area (Å²) in [7, 11) is 3.84. The van der Waals surface area contributed by atoms with Crippen molar-refractivity contribution < 1.29 is 32.2 Å². The van der Waals surface area contributed by atoms with Crippen LogP contribution in [-0.4, -0.2) is 61.2 Å². The monoisotopic (exact) mass is 580 g/mol. The third kappa shape index (κ3) is 7.86. The number of aldehydes is 1. The molecule has 0 saturated carbocycles. The van der Waals surface area contributed by atoms with E-state index in [4.69, 9.17) is 21.1 Å². The summed E-state index contributed by atoms with van der Waals surface area (Å²) in [4.78, 5) is 24.4. The number of carbonyl (C=O) groups is 2. The van der Waals surface area contributed by atoms with E-state index in [0.717, 1.165) is 60.5 Å². The largest absolute Gasteiger partial charge is 0.464 e. The van der Waals surface area contributed by atoms with Crippen molar-refractivity contribution in [2.75, 3.05) is 33.4 Å². The van der Waals surface area contributed by atoms with Crippen LogP contribution in [0.3, 0.4) is 0 Å². The Morgan fingerprint density at radius 2 is 1.80 bits per heavy atom. The third-order valence-electron chi connectivity index (χ3n) is 7.27. The minimum absolute atomic E-state index is 0.0994. The molecule has 218 valence electrons. The Hall–Kier alpha value is -2.88. The molecule has 40 heavy (non-hydrogen) atoms. The van der Waals surface area contributed by atoms with E-state index in [1.54, 1.807) is 37.6 Å². The average molecular weight is 581 g/mol. The van der Waals surface area contributed by atoms with Crippen molar-refractivity contribution in [2.24, 2.45) is 7.05 Å². The predicted octanol–water partition coefficient (Wildman–Crippen LogP) is 6.53. The molecule has 0 atom stereocenters. The summed E-state index contributed by atoms with van der Waals surface area (Å²) in [5, 5.41) is 1.31. The van der Waals surface area contributed by atoms with Crippen LogP contribution in [0.15, 0.2) is 30.3 Å². The minimum Gasteiger partial charge on any atom is -0.464 e. The second kappa shape index (κ2) is 13.7. The molecule has 4 rings (SSSR count). The lowest BCUT2D eigenvalue weighted by Gasteiger charge is -2.28. The predicted molar refractivity (Wildman–Crippen MR) is 150 cm³/mol. The highest BCUT2D eigenvalue weighted by atomic mass is 35.5. The maximum absolute atomic E-state index is 13.1. The van der Waals surface area contributed by atoms with Gasteiger partial charge in [-0.05, 0) is 87.7 Å². The molecule has 0 N–H and O–H groups in total. The number of aromatic nitrogens is 1. The van der Waals surface area contributed by atoms with Crippen molar-refractivity contribution in [1.29, 1.82) is 0 Å². The second-order valence-corrected chi connectivity index (χ2v) is 10.5. The van der Waals surface area contributed by atoms with Crippen LogP contribution < -0.4 is 0 Å². The molecule has 1 aliphatic rings. The van der Waals surface area contributed by atoms with Gasteiger partial charge in [0.15, 0.2) is 0 Å². The molecule has 0 amide bonds. The molecule has 1 saturated heterocycles. The van der Waals surface area contributed by atoms with E-state index >= 15 is 0 Å². The Labute approximate surface area is 238 Å². The van der Waals surface area contributed by atoms with E-state index in [9.17, 15) is 22.8 Å². The number of esters is 1. The number of hydrogen-bond donors (Lipinski definition) is 0. The Morgan fingerprint density at radius 3 is 2.40 bits per heavy atom. The summed E-state index contributed by atoms with van der Waals surface area (Å²) in [5.74, 6) is -0.258. The molecule has 1 aliphatic heterocycles. The van der Waals surface area contributed by atoms with E-state index in [0.29, 0.717) is 34.7 Å². The number of carbonyl (C=O) groups excluding carboxylic acids is 2. The summed E-state index contributed by atoms with van der Waals surface area (Å²) in [6.07, 6.45) is -0.933. The van der Waals surface area contributed by atoms with Crippen LogP contribution in [0.4, 0.5) is 13.2 Å². The highest BCUT2D eigenvalue weighted by molar-refractivity contribution is 6.31. The number of piperidine rings is 1. The Morgan fingerprint density at radius 1 is 1.12 bits per heavy atom. The zero-order chi connectivity index (χ0) is 29.6. The Bertz CT molecular complexity index is 1350. The van der Waals surface area contributed by atoms with Gasteiger partial charge in [-0.2, -0.15) is 13.2 Å². The number of halogens is 4. The van der Waals surface area contributed by atoms with Crippen molar-refractivity contribution in [2.45, 2.75) is 52.3 Å². The number of ether oxygens (including phenoxy) is 2. The van der Waals surface area contributed by atoms with Crippen molar-refractivity contribution >= 4 is 34.8 Å². The van der Waals surface area contributed by atoms with Crippen LogP contribution >= 0.6 is 11.6 Å². The summed E-state index contributed by atoms with van der Waals surface area (Å²) < 4.78 is 51.3. The topological polar surface area (TPSA) is 60.8 Å². The maximum atomic E-state index is 13.1. The van der Waals surface area contributed by atoms with Gasteiger partial charge >= 0.3 is 12.1 Å². The number of hydrogen-bond acceptors (Lipinski definition) is 5. The van der Waals surface area contributed by atoms with E-state index in [-0.39, 0.29) is 18.7 Å². The van der Waals surface area contributed by atoms with Crippen molar-refractivity contribution in [3.05, 3.63) is 68.9 Å². The molecule has 3 aromatic rings. The molecule has 2 heterocycles. The SMILES string of the molecule is CCOC(=O)COC1CCN(C)CC1.Cc1c(C=O)ccc(Cl)c1Cc1cc2c(C)cc(C(F)(F)F)cc2n1C. The van der Waals surface area contributed by atoms with Gasteiger partial charge in [-0.25, -0.2) is 4.79 Å². The molecule has 0 spiro atoms. The number of fused-ring (bicyclic) bond motifs is 1. The van der Waals surface area contributed by atoms with E-state index < -0.39 is 11.7 Å². The fourth-order valence-corrected chi connectivity index (χ4v) is 5.08. The van der Waals surface area contributed by atoms with Crippen molar-refractivity contribution in [3.63, 3.8) is 0 Å². The Balaban J connectivity index is 0.000000267. The zero-order valence-electron chi connectivity index (χ0n) is 23.5. The molecular weight excluding hydrogens is 545 g/mol. The van der Waals surface area contributed by atoms with E-state index in [1.165, 1.54) is 6.07 Å². The first-order valence-electron chi connectivity index (χ1n) is 13.2. The first-order chi connectivity index (χ1) is 18.8. The van der Waals surface area contributed by atoms with Gasteiger partial charge in [-0.3, -0.25) is 4.79 Å². The number of alkyl halides is 3. The first kappa shape index (κ1) is 31.6. The number of benzene rings is 2. The lowest BCUT2D eigenvalue weighted by molar-refractivity contribution is -0.151. The van der Waals surface area contributed by atoms with Gasteiger partial charge in [0.2, 0.25) is 0 Å². The number of nitrogens with zero attached hydrogens (tertiary/aromatic N) is 2. The molecular formula is C30H36ClF3N2O4. The maximum Gasteiger partial charge on any atom is 0.416 e. The van der Waals surface area contributed by atoms with Gasteiger partial charge < -0.3 is 18.9 Å². The fourth-order valence-electron chi connectivity index (χ4n) is 4.80. The zero-order valence-corrected chi connectivity index (χ0v) is 24.3. The average Bonchev–Trinajstić information content (AvgIpc) is 3.22. The molecule has 10 heteroatoms. The first-order valence-corrected chi connectivity index (χ1v) is 13.6. The summed E-state index contributed by atoms with van der Waals surface area (Å²) in [6, 6.07) is 7.55. The number of aryl methyl sites for hydroxylation is 2. The molecule has 1 aromatic heterocycles. The van der Waals surface area contributed by atoms with Crippen molar-refractivity contribution in [1.82, 2.24) is 9.47 Å². The molecule has 1 fully saturated rings. The van der Waals surface area contributed by atoms with Gasteiger partial charge in [0.1, 0.15) is 12.9 Å². The van der Waals surface area contributed by atoms with Crippen LogP contribution in [0.2, 0.25) is 5.02 Å². The Kier molecular flexibility index (Phi) is 10.8. The summed E-state index contributed by atoms with van der Waals surface area (Å²) in [6.45, 7) is 7.92. The summed E-state index contributed by atoms with van der Waals surface area (Å²) >= 11 is 6.30. The van der Waals surface area contributed by atoms with Crippen LogP contribution in [0.5, 0.6) is 0 Å². The smallest absolute Gasteiger partial charge is 0.416 e. The normalized spacial score (nSPS) is 14.6. The molecule has 2 aromatic carbocycles. The lowest BCUT2D eigenvalue weighted by Crippen LogP contribution is -2.35. The molecule has 0 unspecified atom stereocenters. The van der Waals surface area contributed by atoms with Gasteiger partial charge in [0, 0.05) is 53.7 Å². The van der Waals surface area contributed by atoms with Crippen LogP contribution in [0.25, 0.3) is 10.9 Å². The van der Waals surface area contributed by atoms with E-state index in [1.807, 2.05) is 13.0 Å². The molecule has 6 nitrogen and oxygen atoms in total. The third-order valence-corrected chi connectivity index (χ3v) is 7.63. The molecule has 0 bridgehead atoms. The highest BCUT2D eigenvalue weighted by Crippen LogP contribution is 2.35. The standard InChI is InChI=1S/C20H17ClF3NO.C10H19NO3/c1-11-6-14(20(22,23)24)7-19-16(11)8-15(25(19)3)9-17-12(2)13(10-26)4-5-18(17)21;1-3-13-10(12)8-14-9-4-6-11(2)7-5-9/h4-8,10H,9H2,1-3H3;9H,3-8H2,1-2H3. The molecule has 0 radical (unpaired) electrons. The van der Waals surface area contributed by atoms with Crippen LogP contribution in [0.1, 0.15) is 58.1 Å². The van der Waals surface area contributed by atoms with Crippen LogP contribution in [-0.2, 0) is 33.9 Å². The van der Waals surface area contributed by atoms with Gasteiger partial charge in [0.05, 0.1) is 18.3 Å². The van der Waals surface area contributed by atoms with Gasteiger partial charge in [-0.15, -0.1) is 0 Å².